The number of anilines is 2. The van der Waals surface area contributed by atoms with Crippen molar-refractivity contribution in [3.05, 3.63) is 60.3 Å². The van der Waals surface area contributed by atoms with Crippen LogP contribution in [0.15, 0.2) is 48.9 Å². The molecule has 5 rings (SSSR count). The summed E-state index contributed by atoms with van der Waals surface area (Å²) in [6, 6.07) is 10.1. The molecule has 0 radical (unpaired) electrons. The number of aromatic nitrogens is 3. The summed E-state index contributed by atoms with van der Waals surface area (Å²) in [5, 5.41) is 16.5. The first-order valence-corrected chi connectivity index (χ1v) is 11.2. The Labute approximate surface area is 196 Å². The van der Waals surface area contributed by atoms with Crippen molar-refractivity contribution in [2.75, 3.05) is 16.8 Å². The van der Waals surface area contributed by atoms with Crippen molar-refractivity contribution in [1.29, 1.82) is 5.26 Å². The second kappa shape index (κ2) is 8.37. The number of nitriles is 1. The van der Waals surface area contributed by atoms with Gasteiger partial charge in [-0.15, -0.1) is 0 Å². The molecule has 1 aromatic carbocycles. The van der Waals surface area contributed by atoms with E-state index in [1.807, 2.05) is 0 Å². The SMILES string of the molecule is Cn1cc(-c2cc(F)cc(CC(=O)Nc3cc(N4CC[C@@](C#N)(C5CC5)C4=O)ccn3)c2)cn1. The Bertz CT molecular complexity index is 1320. The molecule has 2 aromatic heterocycles. The van der Waals surface area contributed by atoms with Gasteiger partial charge in [-0.05, 0) is 54.5 Å². The maximum absolute atomic E-state index is 14.2. The Morgan fingerprint density at radius 3 is 2.82 bits per heavy atom. The Morgan fingerprint density at radius 2 is 2.12 bits per heavy atom. The van der Waals surface area contributed by atoms with Crippen LogP contribution in [-0.4, -0.2) is 33.1 Å². The highest BCUT2D eigenvalue weighted by Crippen LogP contribution is 2.51. The number of nitrogens with zero attached hydrogens (tertiary/aromatic N) is 5. The summed E-state index contributed by atoms with van der Waals surface area (Å²) >= 11 is 0. The van der Waals surface area contributed by atoms with E-state index in [0.29, 0.717) is 35.6 Å². The average molecular weight is 458 g/mol. The molecule has 8 nitrogen and oxygen atoms in total. The van der Waals surface area contributed by atoms with Crippen LogP contribution >= 0.6 is 0 Å². The van der Waals surface area contributed by atoms with E-state index in [0.717, 1.165) is 18.4 Å². The van der Waals surface area contributed by atoms with Crippen LogP contribution in [-0.2, 0) is 23.1 Å². The summed E-state index contributed by atoms with van der Waals surface area (Å²) in [4.78, 5) is 31.5. The van der Waals surface area contributed by atoms with Crippen molar-refractivity contribution >= 4 is 23.3 Å². The number of nitrogens with one attached hydrogen (secondary N) is 1. The standard InChI is InChI=1S/C25H23FN6O2/c1-31-14-18(13-29-31)17-8-16(9-20(26)11-17)10-23(33)30-22-12-21(4-6-28-22)32-7-5-25(15-27,24(32)34)19-2-3-19/h4,6,8-9,11-14,19H,2-3,5,7,10H2,1H3,(H,28,30,33)/t25-/m1/s1. The Kier molecular flexibility index (Phi) is 5.36. The predicted molar refractivity (Wildman–Crippen MR) is 123 cm³/mol. The van der Waals surface area contributed by atoms with E-state index < -0.39 is 11.2 Å². The number of carbonyl (C=O) groups excluding carboxylic acids is 2. The smallest absolute Gasteiger partial charge is 0.247 e. The van der Waals surface area contributed by atoms with Gasteiger partial charge in [0.05, 0.1) is 18.7 Å². The van der Waals surface area contributed by atoms with E-state index in [9.17, 15) is 19.2 Å². The maximum atomic E-state index is 14.2. The highest BCUT2D eigenvalue weighted by Gasteiger charge is 2.56. The number of aryl methyl sites for hydroxylation is 1. The third-order valence-corrected chi connectivity index (χ3v) is 6.51. The fourth-order valence-electron chi connectivity index (χ4n) is 4.65. The molecule has 0 spiro atoms. The lowest BCUT2D eigenvalue weighted by Gasteiger charge is -2.21. The lowest BCUT2D eigenvalue weighted by atomic mass is 9.83. The number of hydrogen-bond donors (Lipinski definition) is 1. The van der Waals surface area contributed by atoms with Gasteiger partial charge in [-0.2, -0.15) is 10.4 Å². The maximum Gasteiger partial charge on any atom is 0.247 e. The van der Waals surface area contributed by atoms with Crippen LogP contribution in [0, 0.1) is 28.5 Å². The first-order chi connectivity index (χ1) is 16.4. The van der Waals surface area contributed by atoms with Gasteiger partial charge in [0, 0.05) is 43.3 Å². The molecule has 1 aliphatic heterocycles. The van der Waals surface area contributed by atoms with E-state index in [1.54, 1.807) is 47.2 Å². The lowest BCUT2D eigenvalue weighted by Crippen LogP contribution is -2.35. The molecule has 1 saturated heterocycles. The van der Waals surface area contributed by atoms with Crippen molar-refractivity contribution in [2.24, 2.45) is 18.4 Å². The van der Waals surface area contributed by atoms with Crippen LogP contribution in [0.1, 0.15) is 24.8 Å². The molecular weight excluding hydrogens is 435 g/mol. The van der Waals surface area contributed by atoms with Gasteiger partial charge >= 0.3 is 0 Å². The summed E-state index contributed by atoms with van der Waals surface area (Å²) in [6.45, 7) is 0.459. The molecule has 2 fully saturated rings. The number of rotatable bonds is 6. The van der Waals surface area contributed by atoms with Gasteiger partial charge in [0.25, 0.3) is 0 Å². The van der Waals surface area contributed by atoms with E-state index in [1.165, 1.54) is 18.3 Å². The molecule has 172 valence electrons. The van der Waals surface area contributed by atoms with Crippen LogP contribution in [0.2, 0.25) is 0 Å². The molecule has 1 aliphatic carbocycles. The van der Waals surface area contributed by atoms with E-state index >= 15 is 0 Å². The van der Waals surface area contributed by atoms with Crippen molar-refractivity contribution in [2.45, 2.75) is 25.7 Å². The number of pyridine rings is 1. The Balaban J connectivity index is 1.29. The van der Waals surface area contributed by atoms with Gasteiger partial charge in [0.2, 0.25) is 11.8 Å². The zero-order chi connectivity index (χ0) is 23.9. The normalized spacial score (nSPS) is 19.8. The highest BCUT2D eigenvalue weighted by molar-refractivity contribution is 6.02. The quantitative estimate of drug-likeness (QED) is 0.609. The minimum atomic E-state index is -0.934. The van der Waals surface area contributed by atoms with E-state index in [4.69, 9.17) is 0 Å². The minimum Gasteiger partial charge on any atom is -0.311 e. The lowest BCUT2D eigenvalue weighted by molar-refractivity contribution is -0.123. The summed E-state index contributed by atoms with van der Waals surface area (Å²) in [6.07, 6.45) is 7.22. The molecule has 2 amide bonds. The molecule has 1 N–H and O–H groups in total. The molecule has 1 atom stereocenters. The predicted octanol–water partition coefficient (Wildman–Crippen LogP) is 3.46. The first-order valence-electron chi connectivity index (χ1n) is 11.2. The Hall–Kier alpha value is -4.06. The summed E-state index contributed by atoms with van der Waals surface area (Å²) in [5.41, 5.74) is 1.58. The van der Waals surface area contributed by atoms with Crippen LogP contribution < -0.4 is 10.2 Å². The van der Waals surface area contributed by atoms with Crippen molar-refractivity contribution in [3.8, 4) is 17.2 Å². The van der Waals surface area contributed by atoms with Gasteiger partial charge < -0.3 is 10.2 Å². The third-order valence-electron chi connectivity index (χ3n) is 6.51. The molecule has 3 aromatic rings. The zero-order valence-corrected chi connectivity index (χ0v) is 18.7. The number of benzene rings is 1. The largest absolute Gasteiger partial charge is 0.311 e. The molecule has 0 bridgehead atoms. The molecule has 0 unspecified atom stereocenters. The van der Waals surface area contributed by atoms with Crippen LogP contribution in [0.4, 0.5) is 15.9 Å². The number of halogens is 1. The third kappa shape index (κ3) is 4.03. The molecule has 3 heterocycles. The van der Waals surface area contributed by atoms with Crippen molar-refractivity contribution in [1.82, 2.24) is 14.8 Å². The van der Waals surface area contributed by atoms with Crippen LogP contribution in [0.25, 0.3) is 11.1 Å². The fourth-order valence-corrected chi connectivity index (χ4v) is 4.65. The van der Waals surface area contributed by atoms with Gasteiger partial charge in [0.15, 0.2) is 0 Å². The summed E-state index contributed by atoms with van der Waals surface area (Å²) in [7, 11) is 1.78. The van der Waals surface area contributed by atoms with Gasteiger partial charge in [0.1, 0.15) is 17.1 Å². The Morgan fingerprint density at radius 1 is 1.29 bits per heavy atom. The molecule has 34 heavy (non-hydrogen) atoms. The summed E-state index contributed by atoms with van der Waals surface area (Å²) < 4.78 is 15.8. The first kappa shape index (κ1) is 21.8. The summed E-state index contributed by atoms with van der Waals surface area (Å²) in [5.74, 6) is -0.541. The van der Waals surface area contributed by atoms with Gasteiger partial charge in [-0.3, -0.25) is 14.3 Å². The number of amides is 2. The molecule has 2 aliphatic rings. The average Bonchev–Trinajstić information content (AvgIpc) is 3.48. The van der Waals surface area contributed by atoms with Crippen molar-refractivity contribution < 1.29 is 14.0 Å². The van der Waals surface area contributed by atoms with Gasteiger partial charge in [-0.25, -0.2) is 9.37 Å². The highest BCUT2D eigenvalue weighted by atomic mass is 19.1. The topological polar surface area (TPSA) is 104 Å². The fraction of sp³-hybridized carbons (Fsp3) is 0.320. The van der Waals surface area contributed by atoms with Crippen LogP contribution in [0.5, 0.6) is 0 Å². The zero-order valence-electron chi connectivity index (χ0n) is 18.7. The monoisotopic (exact) mass is 458 g/mol. The van der Waals surface area contributed by atoms with E-state index in [2.05, 4.69) is 21.5 Å². The number of carbonyl (C=O) groups is 2. The molecule has 1 saturated carbocycles. The molecule has 9 heteroatoms. The minimum absolute atomic E-state index is 0.0429. The van der Waals surface area contributed by atoms with E-state index in [-0.39, 0.29) is 24.2 Å². The van der Waals surface area contributed by atoms with Crippen LogP contribution in [0.3, 0.4) is 0 Å². The second-order valence-electron chi connectivity index (χ2n) is 8.94. The van der Waals surface area contributed by atoms with Gasteiger partial charge in [-0.1, -0.05) is 6.07 Å². The van der Waals surface area contributed by atoms with Crippen molar-refractivity contribution in [3.63, 3.8) is 0 Å². The second-order valence-corrected chi connectivity index (χ2v) is 8.94. The molecular formula is C25H23FN6O2. The number of hydrogen-bond acceptors (Lipinski definition) is 5.